The molecule has 0 spiro atoms. The normalized spacial score (nSPS) is 10.1. The van der Waals surface area contributed by atoms with Crippen molar-refractivity contribution in [3.05, 3.63) is 36.3 Å². The van der Waals surface area contributed by atoms with Gasteiger partial charge < -0.3 is 10.6 Å². The Hall–Kier alpha value is -2.77. The van der Waals surface area contributed by atoms with E-state index in [1.54, 1.807) is 6.20 Å². The molecule has 0 unspecified atom stereocenters. The van der Waals surface area contributed by atoms with Gasteiger partial charge in [-0.05, 0) is 12.1 Å². The number of rotatable bonds is 6. The maximum absolute atomic E-state index is 11.7. The maximum atomic E-state index is 11.7. The Kier molecular flexibility index (Phi) is 4.97. The molecule has 0 atom stereocenters. The SMILES string of the molecule is CC(=O)Nc1cnn(CC(=O)NCCc2ccccn2)n1. The molecule has 0 bridgehead atoms. The van der Waals surface area contributed by atoms with Crippen LogP contribution >= 0.6 is 0 Å². The average molecular weight is 288 g/mol. The standard InChI is InChI=1S/C13H16N6O2/c1-10(20)17-12-8-16-19(18-12)9-13(21)15-7-5-11-4-2-3-6-14-11/h2-4,6,8H,5,7,9H2,1H3,(H,15,21)(H,17,18,20). The minimum absolute atomic E-state index is 0.00179. The van der Waals surface area contributed by atoms with E-state index in [-0.39, 0.29) is 18.4 Å². The highest BCUT2D eigenvalue weighted by Crippen LogP contribution is 1.98. The van der Waals surface area contributed by atoms with Gasteiger partial charge in [-0.25, -0.2) is 0 Å². The van der Waals surface area contributed by atoms with Crippen LogP contribution in [0.4, 0.5) is 5.82 Å². The van der Waals surface area contributed by atoms with Crippen molar-refractivity contribution in [2.75, 3.05) is 11.9 Å². The highest BCUT2D eigenvalue weighted by atomic mass is 16.2. The molecule has 2 aromatic heterocycles. The van der Waals surface area contributed by atoms with Crippen LogP contribution < -0.4 is 10.6 Å². The van der Waals surface area contributed by atoms with E-state index in [9.17, 15) is 9.59 Å². The first-order valence-electron chi connectivity index (χ1n) is 6.48. The Morgan fingerprint density at radius 3 is 2.90 bits per heavy atom. The number of aromatic nitrogens is 4. The zero-order valence-electron chi connectivity index (χ0n) is 11.6. The van der Waals surface area contributed by atoms with E-state index in [0.29, 0.717) is 18.8 Å². The van der Waals surface area contributed by atoms with Crippen LogP contribution in [0.15, 0.2) is 30.6 Å². The predicted octanol–water partition coefficient (Wildman–Crippen LogP) is -0.00960. The summed E-state index contributed by atoms with van der Waals surface area (Å²) in [7, 11) is 0. The summed E-state index contributed by atoms with van der Waals surface area (Å²) >= 11 is 0. The zero-order chi connectivity index (χ0) is 15.1. The lowest BCUT2D eigenvalue weighted by Crippen LogP contribution is -2.30. The molecule has 0 aliphatic carbocycles. The number of carbonyl (C=O) groups excluding carboxylic acids is 2. The minimum atomic E-state index is -0.234. The van der Waals surface area contributed by atoms with E-state index in [1.807, 2.05) is 18.2 Å². The molecule has 0 aliphatic heterocycles. The van der Waals surface area contributed by atoms with Gasteiger partial charge in [0.15, 0.2) is 5.82 Å². The molecular formula is C13H16N6O2. The minimum Gasteiger partial charge on any atom is -0.354 e. The Labute approximate surface area is 121 Å². The molecule has 0 aliphatic rings. The van der Waals surface area contributed by atoms with Gasteiger partial charge in [-0.2, -0.15) is 9.90 Å². The largest absolute Gasteiger partial charge is 0.354 e. The second kappa shape index (κ2) is 7.13. The Balaban J connectivity index is 1.74. The molecule has 2 rings (SSSR count). The van der Waals surface area contributed by atoms with Gasteiger partial charge in [-0.3, -0.25) is 14.6 Å². The second-order valence-electron chi connectivity index (χ2n) is 4.36. The summed E-state index contributed by atoms with van der Waals surface area (Å²) in [6.45, 7) is 1.88. The Morgan fingerprint density at radius 1 is 1.33 bits per heavy atom. The summed E-state index contributed by atoms with van der Waals surface area (Å²) < 4.78 is 0. The molecule has 8 nitrogen and oxygen atoms in total. The van der Waals surface area contributed by atoms with Gasteiger partial charge in [0, 0.05) is 31.8 Å². The number of nitrogens with zero attached hydrogens (tertiary/aromatic N) is 4. The molecule has 2 N–H and O–H groups in total. The summed E-state index contributed by atoms with van der Waals surface area (Å²) in [4.78, 5) is 28.0. The summed E-state index contributed by atoms with van der Waals surface area (Å²) in [5.41, 5.74) is 0.919. The number of amides is 2. The highest BCUT2D eigenvalue weighted by Gasteiger charge is 2.06. The molecule has 0 saturated heterocycles. The van der Waals surface area contributed by atoms with Crippen LogP contribution in [0, 0.1) is 0 Å². The molecule has 0 aromatic carbocycles. The molecule has 8 heteroatoms. The lowest BCUT2D eigenvalue weighted by molar-refractivity contribution is -0.122. The van der Waals surface area contributed by atoms with E-state index in [0.717, 1.165) is 5.69 Å². The molecule has 110 valence electrons. The summed E-state index contributed by atoms with van der Waals surface area (Å²) in [5.74, 6) is -0.110. The lowest BCUT2D eigenvalue weighted by Gasteiger charge is -2.04. The van der Waals surface area contributed by atoms with Gasteiger partial charge in [-0.15, -0.1) is 5.10 Å². The van der Waals surface area contributed by atoms with Crippen LogP contribution in [0.25, 0.3) is 0 Å². The number of anilines is 1. The summed E-state index contributed by atoms with van der Waals surface area (Å²) in [6, 6.07) is 5.65. The van der Waals surface area contributed by atoms with Crippen molar-refractivity contribution in [3.8, 4) is 0 Å². The fourth-order valence-corrected chi connectivity index (χ4v) is 1.67. The highest BCUT2D eigenvalue weighted by molar-refractivity contribution is 5.87. The van der Waals surface area contributed by atoms with Crippen LogP contribution in [-0.2, 0) is 22.6 Å². The van der Waals surface area contributed by atoms with Gasteiger partial charge in [0.05, 0.1) is 6.20 Å². The predicted molar refractivity (Wildman–Crippen MR) is 75.3 cm³/mol. The third-order valence-corrected chi connectivity index (χ3v) is 2.56. The van der Waals surface area contributed by atoms with Crippen molar-refractivity contribution in [1.29, 1.82) is 0 Å². The Bertz CT molecular complexity index is 610. The first-order chi connectivity index (χ1) is 10.1. The van der Waals surface area contributed by atoms with Crippen molar-refractivity contribution in [2.45, 2.75) is 19.9 Å². The maximum Gasteiger partial charge on any atom is 0.243 e. The molecule has 2 amide bonds. The van der Waals surface area contributed by atoms with E-state index in [2.05, 4.69) is 25.8 Å². The quantitative estimate of drug-likeness (QED) is 0.778. The fourth-order valence-electron chi connectivity index (χ4n) is 1.67. The molecular weight excluding hydrogens is 272 g/mol. The van der Waals surface area contributed by atoms with Crippen LogP contribution in [0.5, 0.6) is 0 Å². The van der Waals surface area contributed by atoms with Crippen LogP contribution in [-0.4, -0.2) is 38.3 Å². The topological polar surface area (TPSA) is 102 Å². The van der Waals surface area contributed by atoms with Crippen molar-refractivity contribution in [2.24, 2.45) is 0 Å². The number of hydrogen-bond donors (Lipinski definition) is 2. The van der Waals surface area contributed by atoms with Crippen molar-refractivity contribution in [1.82, 2.24) is 25.3 Å². The summed E-state index contributed by atoms with van der Waals surface area (Å²) in [6.07, 6.45) is 3.77. The van der Waals surface area contributed by atoms with E-state index in [4.69, 9.17) is 0 Å². The molecule has 0 saturated carbocycles. The monoisotopic (exact) mass is 288 g/mol. The zero-order valence-corrected chi connectivity index (χ0v) is 11.6. The Morgan fingerprint density at radius 2 is 2.19 bits per heavy atom. The first-order valence-corrected chi connectivity index (χ1v) is 6.48. The lowest BCUT2D eigenvalue weighted by atomic mass is 10.3. The van der Waals surface area contributed by atoms with Crippen LogP contribution in [0.1, 0.15) is 12.6 Å². The van der Waals surface area contributed by atoms with E-state index < -0.39 is 0 Å². The smallest absolute Gasteiger partial charge is 0.243 e. The summed E-state index contributed by atoms with van der Waals surface area (Å²) in [5, 5.41) is 13.1. The number of carbonyl (C=O) groups is 2. The third-order valence-electron chi connectivity index (χ3n) is 2.56. The van der Waals surface area contributed by atoms with Gasteiger partial charge in [0.2, 0.25) is 11.8 Å². The molecule has 0 radical (unpaired) electrons. The van der Waals surface area contributed by atoms with Crippen LogP contribution in [0.2, 0.25) is 0 Å². The molecule has 2 aromatic rings. The third kappa shape index (κ3) is 5.01. The van der Waals surface area contributed by atoms with Crippen molar-refractivity contribution in [3.63, 3.8) is 0 Å². The number of hydrogen-bond acceptors (Lipinski definition) is 5. The van der Waals surface area contributed by atoms with Crippen LogP contribution in [0.3, 0.4) is 0 Å². The van der Waals surface area contributed by atoms with Gasteiger partial charge >= 0.3 is 0 Å². The average Bonchev–Trinajstić information content (AvgIpc) is 2.86. The molecule has 2 heterocycles. The second-order valence-corrected chi connectivity index (χ2v) is 4.36. The van der Waals surface area contributed by atoms with Gasteiger partial charge in [0.25, 0.3) is 0 Å². The van der Waals surface area contributed by atoms with E-state index >= 15 is 0 Å². The fraction of sp³-hybridized carbons (Fsp3) is 0.308. The number of nitrogens with one attached hydrogen (secondary N) is 2. The van der Waals surface area contributed by atoms with Crippen molar-refractivity contribution < 1.29 is 9.59 Å². The number of pyridine rings is 1. The molecule has 0 fully saturated rings. The van der Waals surface area contributed by atoms with Crippen molar-refractivity contribution >= 4 is 17.6 Å². The van der Waals surface area contributed by atoms with Gasteiger partial charge in [-0.1, -0.05) is 6.07 Å². The van der Waals surface area contributed by atoms with Gasteiger partial charge in [0.1, 0.15) is 6.54 Å². The molecule has 21 heavy (non-hydrogen) atoms. The first kappa shape index (κ1) is 14.6. The van der Waals surface area contributed by atoms with E-state index in [1.165, 1.54) is 17.9 Å².